The highest BCUT2D eigenvalue weighted by Crippen LogP contribution is 2.20. The van der Waals surface area contributed by atoms with Crippen molar-refractivity contribution < 1.29 is 9.52 Å². The number of imidazole rings is 1. The van der Waals surface area contributed by atoms with Gasteiger partial charge in [-0.25, -0.2) is 9.52 Å². The van der Waals surface area contributed by atoms with Crippen LogP contribution in [0, 0.1) is 5.21 Å². The second-order valence-corrected chi connectivity index (χ2v) is 4.41. The first kappa shape index (κ1) is 12.9. The van der Waals surface area contributed by atoms with Crippen LogP contribution in [0.4, 0.5) is 10.5 Å². The molecule has 1 N–H and O–H groups in total. The number of hydrogen-bond acceptors (Lipinski definition) is 4. The molecule has 2 aromatic heterocycles. The Hall–Kier alpha value is -3.16. The lowest BCUT2D eigenvalue weighted by molar-refractivity contribution is -0.604. The lowest BCUT2D eigenvalue weighted by Crippen LogP contribution is -2.24. The van der Waals surface area contributed by atoms with Crippen molar-refractivity contribution in [2.75, 3.05) is 5.32 Å². The highest BCUT2D eigenvalue weighted by atomic mass is 16.5. The van der Waals surface area contributed by atoms with Crippen LogP contribution in [0.15, 0.2) is 49.2 Å². The third-order valence-corrected chi connectivity index (χ3v) is 2.86. The average Bonchev–Trinajstić information content (AvgIpc) is 3.08. The van der Waals surface area contributed by atoms with Gasteiger partial charge in [0.25, 0.3) is 6.33 Å². The molecule has 2 heterocycles. The molecule has 0 unspecified atom stereocenters. The van der Waals surface area contributed by atoms with Gasteiger partial charge in [0.1, 0.15) is 18.1 Å². The minimum Gasteiger partial charge on any atom is -0.711 e. The molecule has 0 aliphatic carbocycles. The van der Waals surface area contributed by atoms with Crippen molar-refractivity contribution in [1.29, 1.82) is 0 Å². The second-order valence-electron chi connectivity index (χ2n) is 4.41. The van der Waals surface area contributed by atoms with E-state index in [1.54, 1.807) is 25.4 Å². The minimum absolute atomic E-state index is 0.416. The molecule has 21 heavy (non-hydrogen) atoms. The Labute approximate surface area is 119 Å². The quantitative estimate of drug-likeness (QED) is 0.561. The van der Waals surface area contributed by atoms with Gasteiger partial charge < -0.3 is 5.21 Å². The summed E-state index contributed by atoms with van der Waals surface area (Å²) in [6, 6.07) is 6.81. The summed E-state index contributed by atoms with van der Waals surface area (Å²) < 4.78 is 1.72. The molecule has 3 aromatic rings. The molecule has 0 aliphatic heterocycles. The van der Waals surface area contributed by atoms with Crippen molar-refractivity contribution in [3.8, 4) is 11.3 Å². The van der Waals surface area contributed by atoms with Crippen LogP contribution >= 0.6 is 0 Å². The van der Waals surface area contributed by atoms with Crippen molar-refractivity contribution in [2.24, 2.45) is 7.05 Å². The predicted molar refractivity (Wildman–Crippen MR) is 74.2 cm³/mol. The van der Waals surface area contributed by atoms with E-state index in [0.717, 1.165) is 11.9 Å². The summed E-state index contributed by atoms with van der Waals surface area (Å²) in [6.07, 6.45) is 5.42. The van der Waals surface area contributed by atoms with Gasteiger partial charge in [-0.05, 0) is 12.1 Å². The Morgan fingerprint density at radius 3 is 2.95 bits per heavy atom. The standard InChI is InChI=1S/C13H12N6O2/c1-17-14-8-12(16-17)10-3-2-4-11(7-10)15-13(20)18-5-6-19(21)9-18/h2-9H,1H3,(H,15,20). The zero-order chi connectivity index (χ0) is 14.8. The molecule has 0 radical (unpaired) electrons. The highest BCUT2D eigenvalue weighted by molar-refractivity contribution is 5.91. The fraction of sp³-hybridized carbons (Fsp3) is 0.0769. The number of benzene rings is 1. The Morgan fingerprint density at radius 1 is 1.43 bits per heavy atom. The lowest BCUT2D eigenvalue weighted by Gasteiger charge is -2.03. The van der Waals surface area contributed by atoms with Crippen LogP contribution in [0.5, 0.6) is 0 Å². The van der Waals surface area contributed by atoms with Crippen LogP contribution in [0.2, 0.25) is 0 Å². The molecule has 8 heteroatoms. The van der Waals surface area contributed by atoms with E-state index in [1.807, 2.05) is 12.1 Å². The number of carbonyl (C=O) groups excluding carboxylic acids is 1. The summed E-state index contributed by atoms with van der Waals surface area (Å²) in [5, 5.41) is 21.9. The third-order valence-electron chi connectivity index (χ3n) is 2.86. The van der Waals surface area contributed by atoms with Gasteiger partial charge >= 0.3 is 6.03 Å². The Kier molecular flexibility index (Phi) is 3.11. The number of nitrogens with zero attached hydrogens (tertiary/aromatic N) is 5. The van der Waals surface area contributed by atoms with E-state index in [1.165, 1.54) is 21.8 Å². The normalized spacial score (nSPS) is 10.5. The van der Waals surface area contributed by atoms with E-state index in [2.05, 4.69) is 15.5 Å². The molecule has 0 spiro atoms. The van der Waals surface area contributed by atoms with E-state index < -0.39 is 6.03 Å². The lowest BCUT2D eigenvalue weighted by atomic mass is 10.1. The average molecular weight is 284 g/mol. The summed E-state index contributed by atoms with van der Waals surface area (Å²) in [6.45, 7) is 0. The number of aryl methyl sites for hydroxylation is 1. The largest absolute Gasteiger partial charge is 0.711 e. The molecule has 8 nitrogen and oxygen atoms in total. The molecular formula is C13H12N6O2. The Balaban J connectivity index is 1.82. The van der Waals surface area contributed by atoms with Gasteiger partial charge in [-0.3, -0.25) is 5.32 Å². The molecule has 0 saturated carbocycles. The van der Waals surface area contributed by atoms with Crippen molar-refractivity contribution in [3.63, 3.8) is 0 Å². The van der Waals surface area contributed by atoms with Gasteiger partial charge in [0.2, 0.25) is 0 Å². The zero-order valence-electron chi connectivity index (χ0n) is 11.2. The maximum absolute atomic E-state index is 11.9. The smallest absolute Gasteiger partial charge is 0.417 e. The molecule has 0 bridgehead atoms. The summed E-state index contributed by atoms with van der Waals surface area (Å²) in [5.74, 6) is 0. The molecule has 0 saturated heterocycles. The predicted octanol–water partition coefficient (Wildman–Crippen LogP) is 0.997. The molecule has 106 valence electrons. The number of anilines is 1. The number of aromatic nitrogens is 5. The maximum atomic E-state index is 11.9. The number of rotatable bonds is 2. The topological polar surface area (TPSA) is 91.7 Å². The van der Waals surface area contributed by atoms with Crippen molar-refractivity contribution in [2.45, 2.75) is 0 Å². The van der Waals surface area contributed by atoms with E-state index in [-0.39, 0.29) is 0 Å². The summed E-state index contributed by atoms with van der Waals surface area (Å²) in [5.41, 5.74) is 2.16. The summed E-state index contributed by atoms with van der Waals surface area (Å²) >= 11 is 0. The zero-order valence-corrected chi connectivity index (χ0v) is 11.2. The van der Waals surface area contributed by atoms with Crippen molar-refractivity contribution >= 4 is 11.7 Å². The van der Waals surface area contributed by atoms with Gasteiger partial charge in [-0.2, -0.15) is 19.6 Å². The molecule has 1 aromatic carbocycles. The maximum Gasteiger partial charge on any atom is 0.417 e. The molecule has 3 rings (SSSR count). The van der Waals surface area contributed by atoms with E-state index in [4.69, 9.17) is 0 Å². The SMILES string of the molecule is Cn1ncc(-c2cccc(NC(=O)n3cc[n+]([O-])c3)c2)n1. The first-order valence-corrected chi connectivity index (χ1v) is 6.17. The minimum atomic E-state index is -0.416. The third kappa shape index (κ3) is 2.73. The van der Waals surface area contributed by atoms with Crippen molar-refractivity contribution in [3.05, 3.63) is 54.4 Å². The Morgan fingerprint density at radius 2 is 2.29 bits per heavy atom. The van der Waals surface area contributed by atoms with Crippen LogP contribution in [0.1, 0.15) is 0 Å². The number of amides is 1. The molecule has 1 amide bonds. The highest BCUT2D eigenvalue weighted by Gasteiger charge is 2.11. The Bertz CT molecular complexity index is 791. The monoisotopic (exact) mass is 284 g/mol. The van der Waals surface area contributed by atoms with E-state index in [9.17, 15) is 10.0 Å². The van der Waals surface area contributed by atoms with Crippen LogP contribution in [-0.2, 0) is 7.05 Å². The molecular weight excluding hydrogens is 272 g/mol. The number of carbonyl (C=O) groups is 1. The molecule has 0 atom stereocenters. The van der Waals surface area contributed by atoms with Gasteiger partial charge in [-0.1, -0.05) is 12.1 Å². The first-order chi connectivity index (χ1) is 10.1. The summed E-state index contributed by atoms with van der Waals surface area (Å²) in [7, 11) is 1.74. The number of hydrogen-bond donors (Lipinski definition) is 1. The van der Waals surface area contributed by atoms with Gasteiger partial charge in [0, 0.05) is 18.3 Å². The molecule has 0 fully saturated rings. The summed E-state index contributed by atoms with van der Waals surface area (Å²) in [4.78, 5) is 13.4. The van der Waals surface area contributed by atoms with Crippen LogP contribution < -0.4 is 10.0 Å². The first-order valence-electron chi connectivity index (χ1n) is 6.17. The van der Waals surface area contributed by atoms with Gasteiger partial charge in [0.15, 0.2) is 0 Å². The molecule has 0 aliphatic rings. The van der Waals surface area contributed by atoms with Crippen LogP contribution in [-0.4, -0.2) is 25.6 Å². The number of nitrogens with one attached hydrogen (secondary N) is 1. The fourth-order valence-corrected chi connectivity index (χ4v) is 1.88. The van der Waals surface area contributed by atoms with Crippen LogP contribution in [0.25, 0.3) is 11.3 Å². The van der Waals surface area contributed by atoms with E-state index in [0.29, 0.717) is 16.1 Å². The fourth-order valence-electron chi connectivity index (χ4n) is 1.88. The van der Waals surface area contributed by atoms with Crippen molar-refractivity contribution in [1.82, 2.24) is 19.6 Å². The van der Waals surface area contributed by atoms with Gasteiger partial charge in [0.05, 0.1) is 6.20 Å². The van der Waals surface area contributed by atoms with E-state index >= 15 is 0 Å². The van der Waals surface area contributed by atoms with Crippen LogP contribution in [0.3, 0.4) is 0 Å². The van der Waals surface area contributed by atoms with Gasteiger partial charge in [-0.15, -0.1) is 0 Å². The second kappa shape index (κ2) is 5.08.